The summed E-state index contributed by atoms with van der Waals surface area (Å²) < 4.78 is 101. The van der Waals surface area contributed by atoms with Gasteiger partial charge in [0.1, 0.15) is 0 Å². The molecule has 112 valence electrons. The van der Waals surface area contributed by atoms with E-state index in [-0.39, 0.29) is 5.56 Å². The van der Waals surface area contributed by atoms with Crippen LogP contribution in [0.1, 0.15) is 5.56 Å². The minimum absolute atomic E-state index is 0.0309. The summed E-state index contributed by atoms with van der Waals surface area (Å²) >= 11 is 0. The van der Waals surface area contributed by atoms with Crippen LogP contribution in [0.5, 0.6) is 0 Å². The fourth-order valence-corrected chi connectivity index (χ4v) is 1.23. The second-order valence-corrected chi connectivity index (χ2v) is 3.87. The number of benzene rings is 1. The Morgan fingerprint density at radius 2 is 1.35 bits per heavy atom. The van der Waals surface area contributed by atoms with Crippen LogP contribution < -0.4 is 0 Å². The van der Waals surface area contributed by atoms with Gasteiger partial charge in [0.2, 0.25) is 0 Å². The molecule has 0 aliphatic rings. The Kier molecular flexibility index (Phi) is 4.45. The van der Waals surface area contributed by atoms with E-state index in [1.807, 2.05) is 0 Å². The van der Waals surface area contributed by atoms with Crippen LogP contribution in [-0.2, 0) is 0 Å². The Morgan fingerprint density at radius 1 is 0.850 bits per heavy atom. The third-order valence-corrected chi connectivity index (χ3v) is 2.40. The fourth-order valence-electron chi connectivity index (χ4n) is 1.23. The molecule has 0 heterocycles. The summed E-state index contributed by atoms with van der Waals surface area (Å²) in [6, 6.07) is 6.79. The SMILES string of the molecule is FC(F)C(F)(F)C(F)(F)C(F)(F)/C=C\c1ccccc1. The fraction of sp³-hybridized carbons (Fsp3) is 0.333. The van der Waals surface area contributed by atoms with Crippen LogP contribution in [0, 0.1) is 0 Å². The Bertz CT molecular complexity index is 464. The van der Waals surface area contributed by atoms with E-state index in [1.165, 1.54) is 30.3 Å². The van der Waals surface area contributed by atoms with Crippen LogP contribution in [0.2, 0.25) is 0 Å². The number of allylic oxidation sites excluding steroid dienone is 1. The van der Waals surface area contributed by atoms with E-state index in [1.54, 1.807) is 0 Å². The summed E-state index contributed by atoms with van der Waals surface area (Å²) in [5, 5.41) is 0. The van der Waals surface area contributed by atoms with E-state index in [2.05, 4.69) is 0 Å². The lowest BCUT2D eigenvalue weighted by molar-refractivity contribution is -0.324. The van der Waals surface area contributed by atoms with Crippen molar-refractivity contribution in [2.45, 2.75) is 24.2 Å². The van der Waals surface area contributed by atoms with Crippen molar-refractivity contribution in [1.29, 1.82) is 0 Å². The summed E-state index contributed by atoms with van der Waals surface area (Å²) in [5.74, 6) is -17.8. The van der Waals surface area contributed by atoms with E-state index in [0.29, 0.717) is 6.08 Å². The largest absolute Gasteiger partial charge is 0.381 e. The highest BCUT2D eigenvalue weighted by molar-refractivity contribution is 5.50. The molecule has 0 aliphatic heterocycles. The van der Waals surface area contributed by atoms with Crippen molar-refractivity contribution in [3.8, 4) is 0 Å². The highest BCUT2D eigenvalue weighted by Crippen LogP contribution is 2.49. The molecule has 20 heavy (non-hydrogen) atoms. The molecule has 0 saturated heterocycles. The Balaban J connectivity index is 3.06. The van der Waals surface area contributed by atoms with Gasteiger partial charge in [0, 0.05) is 0 Å². The van der Waals surface area contributed by atoms with E-state index >= 15 is 0 Å². The average Bonchev–Trinajstić information content (AvgIpc) is 2.37. The molecule has 0 fully saturated rings. The molecule has 0 aromatic heterocycles. The normalized spacial score (nSPS) is 14.2. The number of halogens is 8. The van der Waals surface area contributed by atoms with Gasteiger partial charge in [-0.3, -0.25) is 0 Å². The van der Waals surface area contributed by atoms with Crippen LogP contribution in [-0.4, -0.2) is 24.2 Å². The van der Waals surface area contributed by atoms with Gasteiger partial charge in [-0.2, -0.15) is 26.3 Å². The first-order valence-electron chi connectivity index (χ1n) is 5.18. The summed E-state index contributed by atoms with van der Waals surface area (Å²) in [4.78, 5) is 0. The number of alkyl halides is 8. The average molecular weight is 304 g/mol. The van der Waals surface area contributed by atoms with Gasteiger partial charge in [-0.05, 0) is 11.6 Å². The molecule has 0 bridgehead atoms. The second kappa shape index (κ2) is 5.41. The first kappa shape index (κ1) is 16.5. The molecule has 1 aromatic carbocycles. The molecular formula is C12H8F8. The zero-order chi connectivity index (χ0) is 15.6. The minimum atomic E-state index is -6.21. The molecule has 1 aromatic rings. The Morgan fingerprint density at radius 3 is 1.80 bits per heavy atom. The van der Waals surface area contributed by atoms with Gasteiger partial charge in [-0.15, -0.1) is 0 Å². The minimum Gasteiger partial charge on any atom is -0.203 e. The zero-order valence-electron chi connectivity index (χ0n) is 9.64. The second-order valence-electron chi connectivity index (χ2n) is 3.87. The van der Waals surface area contributed by atoms with Crippen LogP contribution >= 0.6 is 0 Å². The molecule has 0 N–H and O–H groups in total. The summed E-state index contributed by atoms with van der Waals surface area (Å²) in [6.07, 6.45) is -4.97. The predicted molar refractivity (Wildman–Crippen MR) is 56.3 cm³/mol. The van der Waals surface area contributed by atoms with Crippen molar-refractivity contribution in [1.82, 2.24) is 0 Å². The highest BCUT2D eigenvalue weighted by Gasteiger charge is 2.74. The Hall–Kier alpha value is -1.60. The number of rotatable bonds is 5. The molecule has 0 aliphatic carbocycles. The van der Waals surface area contributed by atoms with Crippen LogP contribution in [0.25, 0.3) is 6.08 Å². The van der Waals surface area contributed by atoms with Crippen LogP contribution in [0.3, 0.4) is 0 Å². The molecule has 8 heteroatoms. The van der Waals surface area contributed by atoms with Crippen LogP contribution in [0.15, 0.2) is 36.4 Å². The first-order valence-corrected chi connectivity index (χ1v) is 5.18. The van der Waals surface area contributed by atoms with E-state index in [4.69, 9.17) is 0 Å². The van der Waals surface area contributed by atoms with Crippen molar-refractivity contribution >= 4 is 6.08 Å². The third kappa shape index (κ3) is 2.94. The molecule has 0 atom stereocenters. The zero-order valence-corrected chi connectivity index (χ0v) is 9.64. The molecule has 0 radical (unpaired) electrons. The van der Waals surface area contributed by atoms with Gasteiger partial charge in [0.25, 0.3) is 0 Å². The molecular weight excluding hydrogens is 296 g/mol. The Labute approximate surface area is 108 Å². The van der Waals surface area contributed by atoms with Crippen molar-refractivity contribution in [2.24, 2.45) is 0 Å². The number of hydrogen-bond donors (Lipinski definition) is 0. The van der Waals surface area contributed by atoms with Gasteiger partial charge >= 0.3 is 24.2 Å². The highest BCUT2D eigenvalue weighted by atomic mass is 19.4. The predicted octanol–water partition coefficient (Wildman–Crippen LogP) is 4.87. The summed E-state index contributed by atoms with van der Waals surface area (Å²) in [5.41, 5.74) is 0.0309. The van der Waals surface area contributed by atoms with E-state index < -0.39 is 30.3 Å². The first-order chi connectivity index (χ1) is 9.02. The third-order valence-electron chi connectivity index (χ3n) is 2.40. The summed E-state index contributed by atoms with van der Waals surface area (Å²) in [6.45, 7) is 0. The summed E-state index contributed by atoms with van der Waals surface area (Å²) in [7, 11) is 0. The topological polar surface area (TPSA) is 0 Å². The monoisotopic (exact) mass is 304 g/mol. The van der Waals surface area contributed by atoms with Crippen LogP contribution in [0.4, 0.5) is 35.1 Å². The molecule has 0 spiro atoms. The maximum absolute atomic E-state index is 13.1. The molecule has 0 nitrogen and oxygen atoms in total. The smallest absolute Gasteiger partial charge is 0.203 e. The lowest BCUT2D eigenvalue weighted by atomic mass is 10.0. The lowest BCUT2D eigenvalue weighted by Crippen LogP contribution is -2.56. The molecule has 0 unspecified atom stereocenters. The standard InChI is InChI=1S/C12H8F8/c13-9(14)11(17,18)12(19,20)10(15,16)7-6-8-4-2-1-3-5-8/h1-7,9H/b7-6-. The van der Waals surface area contributed by atoms with Gasteiger partial charge in [-0.1, -0.05) is 36.4 Å². The van der Waals surface area contributed by atoms with E-state index in [9.17, 15) is 35.1 Å². The van der Waals surface area contributed by atoms with Gasteiger partial charge < -0.3 is 0 Å². The van der Waals surface area contributed by atoms with Crippen molar-refractivity contribution in [3.63, 3.8) is 0 Å². The quantitative estimate of drug-likeness (QED) is 0.681. The lowest BCUT2D eigenvalue weighted by Gasteiger charge is -2.30. The van der Waals surface area contributed by atoms with E-state index in [0.717, 1.165) is 0 Å². The number of hydrogen-bond acceptors (Lipinski definition) is 0. The van der Waals surface area contributed by atoms with Gasteiger partial charge in [-0.25, -0.2) is 8.78 Å². The van der Waals surface area contributed by atoms with Crippen molar-refractivity contribution < 1.29 is 35.1 Å². The molecule has 0 saturated carbocycles. The van der Waals surface area contributed by atoms with Crippen molar-refractivity contribution in [3.05, 3.63) is 42.0 Å². The van der Waals surface area contributed by atoms with Gasteiger partial charge in [0.05, 0.1) is 0 Å². The molecule has 1 rings (SSSR count). The molecule has 0 amide bonds. The van der Waals surface area contributed by atoms with Gasteiger partial charge in [0.15, 0.2) is 0 Å². The maximum Gasteiger partial charge on any atom is 0.381 e. The maximum atomic E-state index is 13.1. The van der Waals surface area contributed by atoms with Crippen molar-refractivity contribution in [2.75, 3.05) is 0 Å².